The molecular weight excluding hydrogens is 368 g/mol. The summed E-state index contributed by atoms with van der Waals surface area (Å²) < 4.78 is 20.3. The third-order valence-corrected chi connectivity index (χ3v) is 3.68. The normalized spacial score (nSPS) is 11.4. The highest BCUT2D eigenvalue weighted by molar-refractivity contribution is 6.15. The predicted molar refractivity (Wildman–Crippen MR) is 101 cm³/mol. The summed E-state index contributed by atoms with van der Waals surface area (Å²) in [5.41, 5.74) is -0.161. The lowest BCUT2D eigenvalue weighted by Gasteiger charge is -2.15. The molecule has 0 spiro atoms. The zero-order valence-corrected chi connectivity index (χ0v) is 17.1. The molecule has 28 heavy (non-hydrogen) atoms. The Morgan fingerprint density at radius 1 is 0.821 bits per heavy atom. The van der Waals surface area contributed by atoms with Gasteiger partial charge in [0.05, 0.1) is 32.0 Å². The molecule has 0 aromatic rings. The first-order valence-electron chi connectivity index (χ1n) is 9.63. The molecule has 0 aromatic carbocycles. The van der Waals surface area contributed by atoms with Crippen molar-refractivity contribution in [3.05, 3.63) is 12.2 Å². The lowest BCUT2D eigenvalue weighted by atomic mass is 10.1. The Kier molecular flexibility index (Phi) is 14.5. The lowest BCUT2D eigenvalue weighted by molar-refractivity contribution is -0.165. The van der Waals surface area contributed by atoms with Gasteiger partial charge in [0.1, 0.15) is 0 Å². The van der Waals surface area contributed by atoms with Gasteiger partial charge in [0, 0.05) is 6.61 Å². The number of hydrogen-bond acceptors (Lipinski definition) is 8. The molecule has 8 heteroatoms. The quantitative estimate of drug-likeness (QED) is 0.0971. The number of unbranched alkanes of at least 4 members (excludes halogenated alkanes) is 3. The van der Waals surface area contributed by atoms with Gasteiger partial charge in [-0.3, -0.25) is 14.4 Å². The maximum absolute atomic E-state index is 12.1. The Morgan fingerprint density at radius 3 is 1.93 bits per heavy atom. The van der Waals surface area contributed by atoms with Gasteiger partial charge in [-0.2, -0.15) is 0 Å². The van der Waals surface area contributed by atoms with E-state index >= 15 is 0 Å². The zero-order valence-electron chi connectivity index (χ0n) is 17.1. The number of ketones is 1. The number of Topliss-reactive ketones (excluding diaryl/α,β-unsaturated/α-hetero) is 1. The molecule has 0 aromatic heterocycles. The fourth-order valence-electron chi connectivity index (χ4n) is 2.05. The molecule has 1 unspecified atom stereocenters. The highest BCUT2D eigenvalue weighted by atomic mass is 16.6. The van der Waals surface area contributed by atoms with Gasteiger partial charge in [-0.1, -0.05) is 13.5 Å². The molecule has 0 aliphatic heterocycles. The van der Waals surface area contributed by atoms with E-state index in [1.165, 1.54) is 6.92 Å². The molecule has 8 nitrogen and oxygen atoms in total. The van der Waals surface area contributed by atoms with Crippen molar-refractivity contribution in [2.75, 3.05) is 33.0 Å². The van der Waals surface area contributed by atoms with Crippen LogP contribution in [0.4, 0.5) is 0 Å². The minimum Gasteiger partial charge on any atom is -0.465 e. The minimum absolute atomic E-state index is 0.0531. The molecule has 0 N–H and O–H groups in total. The molecule has 0 rings (SSSR count). The van der Waals surface area contributed by atoms with Crippen LogP contribution >= 0.6 is 0 Å². The summed E-state index contributed by atoms with van der Waals surface area (Å²) in [5.74, 6) is -3.46. The number of ether oxygens (including phenoxy) is 4. The van der Waals surface area contributed by atoms with Gasteiger partial charge < -0.3 is 18.9 Å². The smallest absolute Gasteiger partial charge is 0.341 e. The maximum Gasteiger partial charge on any atom is 0.341 e. The molecule has 0 fully saturated rings. The molecular formula is C20H32O8. The average molecular weight is 400 g/mol. The van der Waals surface area contributed by atoms with Gasteiger partial charge in [-0.15, -0.1) is 0 Å². The van der Waals surface area contributed by atoms with Crippen molar-refractivity contribution < 1.29 is 38.1 Å². The molecule has 160 valence electrons. The van der Waals surface area contributed by atoms with Crippen molar-refractivity contribution in [2.45, 2.75) is 52.9 Å². The van der Waals surface area contributed by atoms with E-state index in [0.717, 1.165) is 19.3 Å². The topological polar surface area (TPSA) is 105 Å². The molecule has 0 aliphatic rings. The Balaban J connectivity index is 3.98. The van der Waals surface area contributed by atoms with Crippen LogP contribution < -0.4 is 0 Å². The summed E-state index contributed by atoms with van der Waals surface area (Å²) in [4.78, 5) is 46.3. The Hall–Kier alpha value is -2.22. The first-order chi connectivity index (χ1) is 13.3. The summed E-state index contributed by atoms with van der Waals surface area (Å²) in [6, 6.07) is 0. The van der Waals surface area contributed by atoms with Crippen molar-refractivity contribution >= 4 is 23.7 Å². The van der Waals surface area contributed by atoms with Crippen LogP contribution in [0, 0.1) is 5.92 Å². The minimum atomic E-state index is -1.07. The van der Waals surface area contributed by atoms with Crippen LogP contribution in [0.1, 0.15) is 52.9 Å². The third kappa shape index (κ3) is 11.5. The second-order valence-corrected chi connectivity index (χ2v) is 6.13. The van der Waals surface area contributed by atoms with E-state index in [1.807, 2.05) is 6.92 Å². The number of rotatable bonds is 16. The van der Waals surface area contributed by atoms with Gasteiger partial charge in [0.2, 0.25) is 0 Å². The molecule has 1 atom stereocenters. The van der Waals surface area contributed by atoms with Gasteiger partial charge in [-0.05, 0) is 46.0 Å². The monoisotopic (exact) mass is 400 g/mol. The number of carbonyl (C=O) groups excluding carboxylic acids is 4. The Bertz CT molecular complexity index is 526. The third-order valence-electron chi connectivity index (χ3n) is 3.68. The van der Waals surface area contributed by atoms with Crippen molar-refractivity contribution in [3.63, 3.8) is 0 Å². The van der Waals surface area contributed by atoms with E-state index in [0.29, 0.717) is 19.4 Å². The fourth-order valence-corrected chi connectivity index (χ4v) is 2.05. The second kappa shape index (κ2) is 15.8. The largest absolute Gasteiger partial charge is 0.465 e. The van der Waals surface area contributed by atoms with Crippen molar-refractivity contribution in [3.8, 4) is 0 Å². The summed E-state index contributed by atoms with van der Waals surface area (Å²) in [7, 11) is 0. The highest BCUT2D eigenvalue weighted by Gasteiger charge is 2.29. The standard InChI is InChI=1S/C20H32O8/c1-5-11-25-14-17(19(23)26-6-2)20(24)28-13-10-8-7-9-12-27-18(22)15(3)16(4)21/h17H,3,5-14H2,1-2,4H3. The van der Waals surface area contributed by atoms with Crippen LogP contribution in [0.15, 0.2) is 12.2 Å². The van der Waals surface area contributed by atoms with Crippen LogP contribution in [-0.4, -0.2) is 56.7 Å². The van der Waals surface area contributed by atoms with Crippen LogP contribution in [0.25, 0.3) is 0 Å². The molecule has 0 bridgehead atoms. The Morgan fingerprint density at radius 2 is 1.39 bits per heavy atom. The number of carbonyl (C=O) groups is 4. The Labute approximate surface area is 166 Å². The predicted octanol–water partition coefficient (Wildman–Crippen LogP) is 2.38. The van der Waals surface area contributed by atoms with Crippen molar-refractivity contribution in [1.82, 2.24) is 0 Å². The van der Waals surface area contributed by atoms with Crippen molar-refractivity contribution in [1.29, 1.82) is 0 Å². The van der Waals surface area contributed by atoms with Crippen LogP contribution in [0.5, 0.6) is 0 Å². The summed E-state index contributed by atoms with van der Waals surface area (Å²) in [6.07, 6.45) is 3.54. The molecule has 0 saturated heterocycles. The lowest BCUT2D eigenvalue weighted by Crippen LogP contribution is -2.32. The van der Waals surface area contributed by atoms with E-state index in [9.17, 15) is 19.2 Å². The summed E-state index contributed by atoms with van der Waals surface area (Å²) in [5, 5.41) is 0. The van der Waals surface area contributed by atoms with Gasteiger partial charge >= 0.3 is 17.9 Å². The SMILES string of the molecule is C=C(C(C)=O)C(=O)OCCCCCCOC(=O)C(COCCC)C(=O)OCC. The van der Waals surface area contributed by atoms with Crippen LogP contribution in [0.2, 0.25) is 0 Å². The molecule has 0 aliphatic carbocycles. The maximum atomic E-state index is 12.1. The number of esters is 3. The fraction of sp³-hybridized carbons (Fsp3) is 0.700. The van der Waals surface area contributed by atoms with E-state index in [1.54, 1.807) is 6.92 Å². The second-order valence-electron chi connectivity index (χ2n) is 6.13. The van der Waals surface area contributed by atoms with Crippen LogP contribution in [-0.2, 0) is 38.1 Å². The van der Waals surface area contributed by atoms with Crippen molar-refractivity contribution in [2.24, 2.45) is 5.92 Å². The van der Waals surface area contributed by atoms with Gasteiger partial charge in [0.25, 0.3) is 0 Å². The summed E-state index contributed by atoms with van der Waals surface area (Å²) in [6.45, 7) is 9.17. The first kappa shape index (κ1) is 25.8. The highest BCUT2D eigenvalue weighted by Crippen LogP contribution is 2.08. The van der Waals surface area contributed by atoms with Gasteiger partial charge in [-0.25, -0.2) is 4.79 Å². The van der Waals surface area contributed by atoms with Crippen LogP contribution in [0.3, 0.4) is 0 Å². The van der Waals surface area contributed by atoms with Gasteiger partial charge in [0.15, 0.2) is 11.7 Å². The first-order valence-corrected chi connectivity index (χ1v) is 9.63. The van der Waals surface area contributed by atoms with E-state index in [4.69, 9.17) is 18.9 Å². The molecule has 0 saturated carbocycles. The van der Waals surface area contributed by atoms with E-state index in [2.05, 4.69) is 6.58 Å². The molecule has 0 heterocycles. The van der Waals surface area contributed by atoms with E-state index in [-0.39, 0.29) is 32.0 Å². The molecule has 0 amide bonds. The zero-order chi connectivity index (χ0) is 21.4. The summed E-state index contributed by atoms with van der Waals surface area (Å²) >= 11 is 0. The molecule has 0 radical (unpaired) electrons. The number of hydrogen-bond donors (Lipinski definition) is 0. The average Bonchev–Trinajstić information content (AvgIpc) is 2.66. The van der Waals surface area contributed by atoms with E-state index < -0.39 is 29.6 Å².